The molecule has 2 heterocycles. The number of hydrogen-bond donors (Lipinski definition) is 1. The summed E-state index contributed by atoms with van der Waals surface area (Å²) in [6.07, 6.45) is 1.89. The predicted octanol–water partition coefficient (Wildman–Crippen LogP) is 4.48. The Morgan fingerprint density at radius 1 is 1.12 bits per heavy atom. The van der Waals surface area contributed by atoms with Crippen LogP contribution < -0.4 is 4.74 Å². The largest absolute Gasteiger partial charge is 0.491 e. The average molecular weight is 353 g/mol. The number of thiophene rings is 1. The fraction of sp³-hybridized carbons (Fsp3) is 0.333. The van der Waals surface area contributed by atoms with Crippen LogP contribution in [0.5, 0.6) is 5.75 Å². The minimum absolute atomic E-state index is 0.325. The first-order valence-corrected chi connectivity index (χ1v) is 9.75. The summed E-state index contributed by atoms with van der Waals surface area (Å²) in [5.74, 6) is 0.814. The van der Waals surface area contributed by atoms with E-state index in [1.54, 1.807) is 0 Å². The smallest absolute Gasteiger partial charge is 0.120 e. The number of aliphatic hydroxyl groups excluding tert-OH is 1. The van der Waals surface area contributed by atoms with E-state index < -0.39 is 6.10 Å². The molecule has 0 unspecified atom stereocenters. The van der Waals surface area contributed by atoms with Gasteiger partial charge < -0.3 is 9.84 Å². The number of β-amino-alcohol motifs (C(OH)–C–C–N with tert-alkyl or cyclic N) is 1. The Balaban J connectivity index is 1.34. The molecule has 1 aromatic heterocycles. The molecule has 1 fully saturated rings. The van der Waals surface area contributed by atoms with Crippen LogP contribution >= 0.6 is 11.3 Å². The zero-order valence-corrected chi connectivity index (χ0v) is 15.0. The van der Waals surface area contributed by atoms with Gasteiger partial charge >= 0.3 is 0 Å². The van der Waals surface area contributed by atoms with Crippen LogP contribution in [0.1, 0.15) is 23.8 Å². The molecule has 25 heavy (non-hydrogen) atoms. The van der Waals surface area contributed by atoms with Crippen molar-refractivity contribution in [2.24, 2.45) is 0 Å². The van der Waals surface area contributed by atoms with Gasteiger partial charge in [-0.05, 0) is 53.7 Å². The predicted molar refractivity (Wildman–Crippen MR) is 103 cm³/mol. The zero-order valence-electron chi connectivity index (χ0n) is 14.2. The molecule has 0 amide bonds. The van der Waals surface area contributed by atoms with E-state index in [-0.39, 0.29) is 0 Å². The Bertz CT molecular complexity index is 818. The van der Waals surface area contributed by atoms with Crippen LogP contribution in [0.15, 0.2) is 60.0 Å². The second-order valence-electron chi connectivity index (χ2n) is 6.64. The van der Waals surface area contributed by atoms with Crippen LogP contribution in [0, 0.1) is 0 Å². The van der Waals surface area contributed by atoms with E-state index >= 15 is 0 Å². The lowest BCUT2D eigenvalue weighted by atomic mass is 10.1. The molecule has 0 spiro atoms. The Labute approximate surface area is 152 Å². The fourth-order valence-corrected chi connectivity index (χ4v) is 4.52. The third-order valence-electron chi connectivity index (χ3n) is 4.84. The van der Waals surface area contributed by atoms with E-state index in [0.717, 1.165) is 17.7 Å². The minimum Gasteiger partial charge on any atom is -0.491 e. The summed E-state index contributed by atoms with van der Waals surface area (Å²) in [5.41, 5.74) is 0. The van der Waals surface area contributed by atoms with Crippen molar-refractivity contribution in [2.75, 3.05) is 19.7 Å². The minimum atomic E-state index is -0.480. The van der Waals surface area contributed by atoms with Gasteiger partial charge in [0.15, 0.2) is 0 Å². The molecule has 2 atom stereocenters. The Morgan fingerprint density at radius 3 is 2.84 bits per heavy atom. The lowest BCUT2D eigenvalue weighted by Gasteiger charge is -2.26. The van der Waals surface area contributed by atoms with E-state index in [0.29, 0.717) is 19.2 Å². The maximum atomic E-state index is 10.4. The zero-order chi connectivity index (χ0) is 17.1. The molecule has 0 aliphatic carbocycles. The van der Waals surface area contributed by atoms with Crippen LogP contribution in [-0.4, -0.2) is 35.8 Å². The topological polar surface area (TPSA) is 32.7 Å². The van der Waals surface area contributed by atoms with Gasteiger partial charge in [-0.3, -0.25) is 4.90 Å². The number of rotatable bonds is 6. The first-order chi connectivity index (χ1) is 12.3. The molecule has 3 nitrogen and oxygen atoms in total. The van der Waals surface area contributed by atoms with Gasteiger partial charge in [-0.2, -0.15) is 0 Å². The first kappa shape index (κ1) is 16.6. The second-order valence-corrected chi connectivity index (χ2v) is 7.62. The summed E-state index contributed by atoms with van der Waals surface area (Å²) in [7, 11) is 0. The molecule has 4 heteroatoms. The molecule has 3 aromatic rings. The highest BCUT2D eigenvalue weighted by atomic mass is 32.1. The van der Waals surface area contributed by atoms with Crippen molar-refractivity contribution in [1.82, 2.24) is 4.90 Å². The van der Waals surface area contributed by atoms with Gasteiger partial charge in [0.25, 0.3) is 0 Å². The lowest BCUT2D eigenvalue weighted by molar-refractivity contribution is 0.0643. The molecule has 4 rings (SSSR count). The molecule has 0 saturated carbocycles. The molecule has 0 bridgehead atoms. The molecular weight excluding hydrogens is 330 g/mol. The molecule has 1 aliphatic rings. The van der Waals surface area contributed by atoms with Crippen molar-refractivity contribution >= 4 is 22.1 Å². The van der Waals surface area contributed by atoms with Crippen molar-refractivity contribution < 1.29 is 9.84 Å². The van der Waals surface area contributed by atoms with Gasteiger partial charge in [-0.25, -0.2) is 0 Å². The maximum absolute atomic E-state index is 10.4. The summed E-state index contributed by atoms with van der Waals surface area (Å²) in [6, 6.07) is 19.1. The highest BCUT2D eigenvalue weighted by Gasteiger charge is 2.28. The summed E-state index contributed by atoms with van der Waals surface area (Å²) in [5, 5.41) is 14.9. The normalized spacial score (nSPS) is 19.3. The van der Waals surface area contributed by atoms with E-state index in [1.165, 1.54) is 23.1 Å². The van der Waals surface area contributed by atoms with Crippen molar-refractivity contribution in [3.63, 3.8) is 0 Å². The van der Waals surface area contributed by atoms with Crippen molar-refractivity contribution in [1.29, 1.82) is 0 Å². The van der Waals surface area contributed by atoms with Gasteiger partial charge in [0.05, 0.1) is 0 Å². The highest BCUT2D eigenvalue weighted by molar-refractivity contribution is 7.10. The van der Waals surface area contributed by atoms with Gasteiger partial charge in [0.1, 0.15) is 18.5 Å². The summed E-state index contributed by atoms with van der Waals surface area (Å²) < 4.78 is 5.84. The SMILES string of the molecule is O[C@H](COc1ccc2ccccc2c1)CN1CCC[C@@H]1c1cccs1. The number of hydrogen-bond acceptors (Lipinski definition) is 4. The van der Waals surface area contributed by atoms with Crippen molar-refractivity contribution in [2.45, 2.75) is 25.0 Å². The third-order valence-corrected chi connectivity index (χ3v) is 5.82. The number of benzene rings is 2. The Morgan fingerprint density at radius 2 is 2.00 bits per heavy atom. The van der Waals surface area contributed by atoms with Crippen molar-refractivity contribution in [3.05, 3.63) is 64.9 Å². The van der Waals surface area contributed by atoms with Crippen molar-refractivity contribution in [3.8, 4) is 5.75 Å². The van der Waals surface area contributed by atoms with E-state index in [2.05, 4.69) is 40.6 Å². The summed E-state index contributed by atoms with van der Waals surface area (Å²) >= 11 is 1.81. The van der Waals surface area contributed by atoms with Gasteiger partial charge in [0.2, 0.25) is 0 Å². The van der Waals surface area contributed by atoms with Crippen LogP contribution in [0.25, 0.3) is 10.8 Å². The number of aliphatic hydroxyl groups is 1. The summed E-state index contributed by atoms with van der Waals surface area (Å²) in [4.78, 5) is 3.79. The molecule has 1 aliphatic heterocycles. The molecule has 1 N–H and O–H groups in total. The number of ether oxygens (including phenoxy) is 1. The number of fused-ring (bicyclic) bond motifs is 1. The standard InChI is InChI=1S/C21H23NO2S/c23-18(14-22-11-3-7-20(22)21-8-4-12-25-21)15-24-19-10-9-16-5-1-2-6-17(16)13-19/h1-2,4-6,8-10,12-13,18,20,23H,3,7,11,14-15H2/t18-,20+/m0/s1. The fourth-order valence-electron chi connectivity index (χ4n) is 3.62. The monoisotopic (exact) mass is 353 g/mol. The number of nitrogens with zero attached hydrogens (tertiary/aromatic N) is 1. The average Bonchev–Trinajstić information content (AvgIpc) is 3.31. The van der Waals surface area contributed by atoms with Gasteiger partial charge in [0, 0.05) is 17.5 Å². The van der Waals surface area contributed by atoms with E-state index in [1.807, 2.05) is 35.6 Å². The Kier molecular flexibility index (Phi) is 5.02. The first-order valence-electron chi connectivity index (χ1n) is 8.87. The molecule has 1 saturated heterocycles. The summed E-state index contributed by atoms with van der Waals surface area (Å²) in [6.45, 7) is 2.04. The number of likely N-dealkylation sites (tertiary alicyclic amines) is 1. The molecule has 130 valence electrons. The third kappa shape index (κ3) is 3.87. The van der Waals surface area contributed by atoms with E-state index in [4.69, 9.17) is 4.74 Å². The molecule has 0 radical (unpaired) electrons. The molecule has 2 aromatic carbocycles. The highest BCUT2D eigenvalue weighted by Crippen LogP contribution is 2.34. The van der Waals surface area contributed by atoms with Crippen LogP contribution in [0.4, 0.5) is 0 Å². The van der Waals surface area contributed by atoms with Gasteiger partial charge in [-0.1, -0.05) is 36.4 Å². The maximum Gasteiger partial charge on any atom is 0.120 e. The Hall–Kier alpha value is -1.88. The van der Waals surface area contributed by atoms with E-state index in [9.17, 15) is 5.11 Å². The van der Waals surface area contributed by atoms with Crippen LogP contribution in [0.2, 0.25) is 0 Å². The second kappa shape index (κ2) is 7.56. The van der Waals surface area contributed by atoms with Crippen LogP contribution in [0.3, 0.4) is 0 Å². The quantitative estimate of drug-likeness (QED) is 0.709. The molecular formula is C21H23NO2S. The lowest BCUT2D eigenvalue weighted by Crippen LogP contribution is -2.35. The van der Waals surface area contributed by atoms with Crippen LogP contribution in [-0.2, 0) is 0 Å². The van der Waals surface area contributed by atoms with Gasteiger partial charge in [-0.15, -0.1) is 11.3 Å².